The zero-order valence-corrected chi connectivity index (χ0v) is 7.92. The molecule has 1 aromatic heterocycles. The molecule has 0 saturated carbocycles. The maximum atomic E-state index is 13.0. The first-order chi connectivity index (χ1) is 6.77. The van der Waals surface area contributed by atoms with Gasteiger partial charge in [-0.15, -0.1) is 0 Å². The zero-order valence-electron chi connectivity index (χ0n) is 7.11. The van der Waals surface area contributed by atoms with E-state index in [4.69, 9.17) is 10.2 Å². The highest BCUT2D eigenvalue weighted by molar-refractivity contribution is 7.99. The van der Waals surface area contributed by atoms with Crippen LogP contribution in [0.25, 0.3) is 0 Å². The second-order valence-corrected chi connectivity index (χ2v) is 3.54. The summed E-state index contributed by atoms with van der Waals surface area (Å²) in [6.45, 7) is 0. The molecule has 0 fully saturated rings. The van der Waals surface area contributed by atoms with Crippen LogP contribution in [0.4, 0.5) is 10.1 Å². The van der Waals surface area contributed by atoms with Gasteiger partial charge in [0.1, 0.15) is 12.1 Å². The standard InChI is InChI=1S/C9H7FN2OS/c10-6-2-1-3-7(8(6)11)14-9-12-4-5-13-9/h1-5H,11H2. The Bertz CT molecular complexity index is 430. The smallest absolute Gasteiger partial charge is 0.260 e. The molecule has 1 aromatic carbocycles. The van der Waals surface area contributed by atoms with Crippen LogP contribution in [0.1, 0.15) is 0 Å². The fraction of sp³-hybridized carbons (Fsp3) is 0. The topological polar surface area (TPSA) is 52.0 Å². The van der Waals surface area contributed by atoms with Crippen molar-refractivity contribution in [2.24, 2.45) is 0 Å². The molecule has 5 heteroatoms. The minimum Gasteiger partial charge on any atom is -0.440 e. The summed E-state index contributed by atoms with van der Waals surface area (Å²) in [6, 6.07) is 4.62. The lowest BCUT2D eigenvalue weighted by atomic mass is 10.3. The number of nitrogens with two attached hydrogens (primary N) is 1. The Morgan fingerprint density at radius 2 is 2.29 bits per heavy atom. The fourth-order valence-corrected chi connectivity index (χ4v) is 1.72. The largest absolute Gasteiger partial charge is 0.440 e. The number of halogens is 1. The van der Waals surface area contributed by atoms with Crippen molar-refractivity contribution in [3.63, 3.8) is 0 Å². The number of anilines is 1. The average molecular weight is 210 g/mol. The van der Waals surface area contributed by atoms with Gasteiger partial charge in [-0.2, -0.15) is 0 Å². The third-order valence-electron chi connectivity index (χ3n) is 1.62. The molecule has 0 atom stereocenters. The predicted molar refractivity (Wildman–Crippen MR) is 51.4 cm³/mol. The number of hydrogen-bond donors (Lipinski definition) is 1. The van der Waals surface area contributed by atoms with E-state index in [0.717, 1.165) is 0 Å². The van der Waals surface area contributed by atoms with Gasteiger partial charge in [-0.1, -0.05) is 6.07 Å². The van der Waals surface area contributed by atoms with Gasteiger partial charge in [-0.25, -0.2) is 9.37 Å². The molecule has 0 radical (unpaired) electrons. The van der Waals surface area contributed by atoms with E-state index in [9.17, 15) is 4.39 Å². The van der Waals surface area contributed by atoms with Crippen molar-refractivity contribution in [1.82, 2.24) is 4.98 Å². The van der Waals surface area contributed by atoms with Crippen LogP contribution in [-0.4, -0.2) is 4.98 Å². The summed E-state index contributed by atoms with van der Waals surface area (Å²) in [7, 11) is 0. The van der Waals surface area contributed by atoms with Gasteiger partial charge in [0.15, 0.2) is 0 Å². The molecule has 0 aliphatic rings. The van der Waals surface area contributed by atoms with Gasteiger partial charge in [-0.05, 0) is 23.9 Å². The second kappa shape index (κ2) is 3.71. The highest BCUT2D eigenvalue weighted by atomic mass is 32.2. The molecular weight excluding hydrogens is 203 g/mol. The number of para-hydroxylation sites is 1. The van der Waals surface area contributed by atoms with Crippen molar-refractivity contribution >= 4 is 17.4 Å². The number of aromatic nitrogens is 1. The van der Waals surface area contributed by atoms with Gasteiger partial charge >= 0.3 is 0 Å². The van der Waals surface area contributed by atoms with Crippen molar-refractivity contribution in [3.05, 3.63) is 36.5 Å². The van der Waals surface area contributed by atoms with E-state index < -0.39 is 5.82 Å². The average Bonchev–Trinajstić information content (AvgIpc) is 2.66. The summed E-state index contributed by atoms with van der Waals surface area (Å²) in [5, 5.41) is 0.447. The summed E-state index contributed by atoms with van der Waals surface area (Å²) < 4.78 is 18.0. The molecule has 2 N–H and O–H groups in total. The monoisotopic (exact) mass is 210 g/mol. The molecule has 0 bridgehead atoms. The molecule has 0 spiro atoms. The van der Waals surface area contributed by atoms with Gasteiger partial charge in [0.2, 0.25) is 0 Å². The van der Waals surface area contributed by atoms with E-state index in [2.05, 4.69) is 4.98 Å². The Hall–Kier alpha value is -1.49. The molecule has 2 aromatic rings. The van der Waals surface area contributed by atoms with Crippen LogP contribution in [0.15, 0.2) is 45.2 Å². The van der Waals surface area contributed by atoms with Gasteiger partial charge in [0, 0.05) is 4.90 Å². The lowest BCUT2D eigenvalue weighted by molar-refractivity contribution is 0.454. The molecule has 1 heterocycles. The third-order valence-corrected chi connectivity index (χ3v) is 2.57. The summed E-state index contributed by atoms with van der Waals surface area (Å²) in [5.74, 6) is -0.429. The third kappa shape index (κ3) is 1.72. The molecular formula is C9H7FN2OS. The SMILES string of the molecule is Nc1c(F)cccc1Sc1ncco1. The van der Waals surface area contributed by atoms with E-state index in [1.165, 1.54) is 30.3 Å². The first kappa shape index (κ1) is 9.08. The maximum absolute atomic E-state index is 13.0. The van der Waals surface area contributed by atoms with Crippen molar-refractivity contribution in [1.29, 1.82) is 0 Å². The summed E-state index contributed by atoms with van der Waals surface area (Å²) in [5.41, 5.74) is 5.65. The minimum atomic E-state index is -0.429. The molecule has 0 aliphatic carbocycles. The lowest BCUT2D eigenvalue weighted by Crippen LogP contribution is -1.92. The first-order valence-electron chi connectivity index (χ1n) is 3.88. The zero-order chi connectivity index (χ0) is 9.97. The maximum Gasteiger partial charge on any atom is 0.260 e. The molecule has 0 amide bonds. The number of nitrogen functional groups attached to an aromatic ring is 1. The molecule has 0 unspecified atom stereocenters. The lowest BCUT2D eigenvalue weighted by Gasteiger charge is -2.02. The van der Waals surface area contributed by atoms with Gasteiger partial charge in [0.05, 0.1) is 11.9 Å². The Morgan fingerprint density at radius 1 is 1.43 bits per heavy atom. The summed E-state index contributed by atoms with van der Waals surface area (Å²) in [6.07, 6.45) is 2.98. The highest BCUT2D eigenvalue weighted by Gasteiger charge is 2.07. The van der Waals surface area contributed by atoms with Crippen LogP contribution in [0.5, 0.6) is 0 Å². The quantitative estimate of drug-likeness (QED) is 0.774. The van der Waals surface area contributed by atoms with Crippen LogP contribution < -0.4 is 5.73 Å². The Kier molecular flexibility index (Phi) is 2.41. The minimum absolute atomic E-state index is 0.121. The molecule has 0 saturated heterocycles. The van der Waals surface area contributed by atoms with E-state index in [-0.39, 0.29) is 5.69 Å². The van der Waals surface area contributed by atoms with Crippen LogP contribution in [0, 0.1) is 5.82 Å². The number of nitrogens with zero attached hydrogens (tertiary/aromatic N) is 1. The normalized spacial score (nSPS) is 10.4. The van der Waals surface area contributed by atoms with Crippen molar-refractivity contribution < 1.29 is 8.81 Å². The van der Waals surface area contributed by atoms with Gasteiger partial charge in [0.25, 0.3) is 5.22 Å². The van der Waals surface area contributed by atoms with Crippen molar-refractivity contribution in [2.45, 2.75) is 10.1 Å². The van der Waals surface area contributed by atoms with Crippen LogP contribution >= 0.6 is 11.8 Å². The number of benzene rings is 1. The highest BCUT2D eigenvalue weighted by Crippen LogP contribution is 2.31. The summed E-state index contributed by atoms with van der Waals surface area (Å²) in [4.78, 5) is 4.50. The molecule has 72 valence electrons. The second-order valence-electron chi connectivity index (χ2n) is 2.55. The Balaban J connectivity index is 2.29. The van der Waals surface area contributed by atoms with E-state index in [1.807, 2.05) is 0 Å². The van der Waals surface area contributed by atoms with Crippen LogP contribution in [0.2, 0.25) is 0 Å². The number of oxazole rings is 1. The molecule has 0 aliphatic heterocycles. The predicted octanol–water partition coefficient (Wildman–Crippen LogP) is 2.55. The molecule has 2 rings (SSSR count). The Morgan fingerprint density at radius 3 is 3.00 bits per heavy atom. The van der Waals surface area contributed by atoms with Crippen molar-refractivity contribution in [2.75, 3.05) is 5.73 Å². The van der Waals surface area contributed by atoms with Crippen molar-refractivity contribution in [3.8, 4) is 0 Å². The van der Waals surface area contributed by atoms with Gasteiger partial charge < -0.3 is 10.2 Å². The van der Waals surface area contributed by atoms with E-state index >= 15 is 0 Å². The first-order valence-corrected chi connectivity index (χ1v) is 4.70. The molecule has 14 heavy (non-hydrogen) atoms. The van der Waals surface area contributed by atoms with E-state index in [1.54, 1.807) is 12.1 Å². The van der Waals surface area contributed by atoms with Crippen LogP contribution in [0.3, 0.4) is 0 Å². The fourth-order valence-electron chi connectivity index (χ4n) is 0.961. The number of hydrogen-bond acceptors (Lipinski definition) is 4. The van der Waals surface area contributed by atoms with E-state index in [0.29, 0.717) is 10.1 Å². The van der Waals surface area contributed by atoms with Crippen LogP contribution in [-0.2, 0) is 0 Å². The Labute approximate surface area is 84.1 Å². The number of rotatable bonds is 2. The summed E-state index contributed by atoms with van der Waals surface area (Å²) >= 11 is 1.19. The molecule has 3 nitrogen and oxygen atoms in total. The van der Waals surface area contributed by atoms with Gasteiger partial charge in [-0.3, -0.25) is 0 Å².